The number of hydrogen-bond donors (Lipinski definition) is 1. The van der Waals surface area contributed by atoms with E-state index in [1.807, 2.05) is 61.5 Å². The molecule has 1 N–H and O–H groups in total. The molecule has 4 heteroatoms. The minimum absolute atomic E-state index is 0.190. The van der Waals surface area contributed by atoms with Crippen LogP contribution in [-0.4, -0.2) is 5.11 Å². The van der Waals surface area contributed by atoms with Crippen molar-refractivity contribution in [3.8, 4) is 11.5 Å². The fourth-order valence-electron chi connectivity index (χ4n) is 3.80. The summed E-state index contributed by atoms with van der Waals surface area (Å²) in [5, 5.41) is 10.8. The molecule has 3 aromatic carbocycles. The van der Waals surface area contributed by atoms with Gasteiger partial charge >= 0.3 is 0 Å². The van der Waals surface area contributed by atoms with Crippen molar-refractivity contribution < 1.29 is 14.6 Å². The molecule has 0 aromatic heterocycles. The molecular weight excluding hydrogens is 368 g/mol. The quantitative estimate of drug-likeness (QED) is 0.552. The van der Waals surface area contributed by atoms with Crippen molar-refractivity contribution in [1.29, 1.82) is 0 Å². The van der Waals surface area contributed by atoms with Gasteiger partial charge in [-0.15, -0.1) is 0 Å². The van der Waals surface area contributed by atoms with Gasteiger partial charge in [0.15, 0.2) is 0 Å². The summed E-state index contributed by atoms with van der Waals surface area (Å²) in [4.78, 5) is 0.853. The van der Waals surface area contributed by atoms with E-state index in [-0.39, 0.29) is 11.5 Å². The van der Waals surface area contributed by atoms with Gasteiger partial charge in [-0.2, -0.15) is 0 Å². The Balaban J connectivity index is 1.69. The zero-order chi connectivity index (χ0) is 19.3. The van der Waals surface area contributed by atoms with Gasteiger partial charge in [0.25, 0.3) is 0 Å². The molecule has 3 nitrogen and oxygen atoms in total. The van der Waals surface area contributed by atoms with Crippen LogP contribution in [-0.2, 0) is 4.74 Å². The van der Waals surface area contributed by atoms with Crippen LogP contribution >= 0.6 is 11.8 Å². The molecule has 3 aromatic rings. The zero-order valence-electron chi connectivity index (χ0n) is 15.7. The van der Waals surface area contributed by atoms with Gasteiger partial charge in [-0.05, 0) is 31.0 Å². The normalized spacial score (nSPS) is 20.5. The molecule has 0 saturated carbocycles. The van der Waals surface area contributed by atoms with Gasteiger partial charge in [-0.3, -0.25) is 0 Å². The topological polar surface area (TPSA) is 38.7 Å². The second-order valence-corrected chi connectivity index (χ2v) is 8.21. The summed E-state index contributed by atoms with van der Waals surface area (Å²) < 4.78 is 12.9. The maximum absolute atomic E-state index is 10.8. The summed E-state index contributed by atoms with van der Waals surface area (Å²) in [5.41, 5.74) is 4.67. The number of aromatic hydroxyl groups is 1. The number of ether oxygens (including phenoxy) is 2. The Labute approximate surface area is 168 Å². The summed E-state index contributed by atoms with van der Waals surface area (Å²) in [6, 6.07) is 22.2. The first kappa shape index (κ1) is 17.4. The van der Waals surface area contributed by atoms with Crippen LogP contribution < -0.4 is 4.74 Å². The lowest BCUT2D eigenvalue weighted by molar-refractivity contribution is 0.0452. The molecule has 0 spiro atoms. The highest BCUT2D eigenvalue weighted by Gasteiger charge is 2.39. The molecular formula is C24H20O3S. The van der Waals surface area contributed by atoms with Crippen molar-refractivity contribution in [1.82, 2.24) is 0 Å². The van der Waals surface area contributed by atoms with E-state index < -0.39 is 0 Å². The lowest BCUT2D eigenvalue weighted by atomic mass is 9.93. The Bertz CT molecular complexity index is 1070. The smallest absolute Gasteiger partial charge is 0.136 e. The number of rotatable bonds is 2. The van der Waals surface area contributed by atoms with Crippen LogP contribution in [0.5, 0.6) is 11.5 Å². The summed E-state index contributed by atoms with van der Waals surface area (Å²) >= 11 is 1.54. The first-order chi connectivity index (χ1) is 13.6. The molecule has 28 heavy (non-hydrogen) atoms. The van der Waals surface area contributed by atoms with Crippen LogP contribution in [0.2, 0.25) is 0 Å². The highest BCUT2D eigenvalue weighted by atomic mass is 32.2. The molecule has 5 rings (SSSR count). The Morgan fingerprint density at radius 2 is 1.61 bits per heavy atom. The summed E-state index contributed by atoms with van der Waals surface area (Å²) in [6.07, 6.45) is -0.257. The zero-order valence-corrected chi connectivity index (χ0v) is 16.5. The van der Waals surface area contributed by atoms with Gasteiger partial charge in [0.2, 0.25) is 0 Å². The molecule has 0 bridgehead atoms. The third kappa shape index (κ3) is 2.72. The monoisotopic (exact) mass is 388 g/mol. The first-order valence-corrected chi connectivity index (χ1v) is 10.2. The van der Waals surface area contributed by atoms with Gasteiger partial charge < -0.3 is 14.6 Å². The van der Waals surface area contributed by atoms with E-state index in [0.717, 1.165) is 44.2 Å². The predicted octanol–water partition coefficient (Wildman–Crippen LogP) is 6.39. The van der Waals surface area contributed by atoms with E-state index in [4.69, 9.17) is 9.47 Å². The van der Waals surface area contributed by atoms with E-state index in [0.29, 0.717) is 5.75 Å². The number of phenolic OH excluding ortho intramolecular Hbond substituents is 1. The average molecular weight is 388 g/mol. The van der Waals surface area contributed by atoms with Crippen molar-refractivity contribution in [3.63, 3.8) is 0 Å². The van der Waals surface area contributed by atoms with Crippen LogP contribution in [0.15, 0.2) is 77.2 Å². The van der Waals surface area contributed by atoms with Crippen molar-refractivity contribution in [2.24, 2.45) is 0 Å². The van der Waals surface area contributed by atoms with Crippen molar-refractivity contribution in [2.75, 3.05) is 0 Å². The van der Waals surface area contributed by atoms with Crippen molar-refractivity contribution in [2.45, 2.75) is 30.3 Å². The molecule has 2 unspecified atom stereocenters. The molecule has 0 amide bonds. The van der Waals surface area contributed by atoms with Crippen molar-refractivity contribution >= 4 is 17.5 Å². The largest absolute Gasteiger partial charge is 0.506 e. The molecule has 0 saturated heterocycles. The molecule has 2 aliphatic rings. The molecule has 0 fully saturated rings. The third-order valence-corrected chi connectivity index (χ3v) is 6.51. The minimum Gasteiger partial charge on any atom is -0.506 e. The van der Waals surface area contributed by atoms with Crippen LogP contribution in [0.25, 0.3) is 5.76 Å². The van der Waals surface area contributed by atoms with Gasteiger partial charge in [0.05, 0.1) is 4.90 Å². The van der Waals surface area contributed by atoms with Gasteiger partial charge in [-0.25, -0.2) is 0 Å². The Morgan fingerprint density at radius 3 is 2.32 bits per heavy atom. The second kappa shape index (κ2) is 6.73. The van der Waals surface area contributed by atoms with Crippen LogP contribution in [0.3, 0.4) is 0 Å². The summed E-state index contributed by atoms with van der Waals surface area (Å²) in [6.45, 7) is 3.96. The van der Waals surface area contributed by atoms with E-state index >= 15 is 0 Å². The van der Waals surface area contributed by atoms with E-state index in [1.54, 1.807) is 11.8 Å². The Morgan fingerprint density at radius 1 is 0.929 bits per heavy atom. The molecule has 2 heterocycles. The average Bonchev–Trinajstić information content (AvgIpc) is 2.75. The van der Waals surface area contributed by atoms with Crippen LogP contribution in [0.1, 0.15) is 40.7 Å². The SMILES string of the molecule is CC1=C(c2ccccc2)Oc2cc(C)c(O)c3c2C1OC(c1ccccc1)S3. The second-order valence-electron chi connectivity index (χ2n) is 7.14. The number of thioether (sulfide) groups is 1. The summed E-state index contributed by atoms with van der Waals surface area (Å²) in [5.74, 6) is 1.91. The third-order valence-electron chi connectivity index (χ3n) is 5.26. The minimum atomic E-state index is -0.257. The Hall–Kier alpha value is -2.69. The first-order valence-electron chi connectivity index (χ1n) is 9.31. The fourth-order valence-corrected chi connectivity index (χ4v) is 5.08. The fraction of sp³-hybridized carbons (Fsp3) is 0.167. The lowest BCUT2D eigenvalue weighted by Crippen LogP contribution is -2.22. The predicted molar refractivity (Wildman–Crippen MR) is 111 cm³/mol. The highest BCUT2D eigenvalue weighted by molar-refractivity contribution is 7.99. The Kier molecular flexibility index (Phi) is 4.18. The van der Waals surface area contributed by atoms with E-state index in [2.05, 4.69) is 19.1 Å². The molecule has 2 aliphatic heterocycles. The maximum Gasteiger partial charge on any atom is 0.136 e. The van der Waals surface area contributed by atoms with Crippen LogP contribution in [0.4, 0.5) is 0 Å². The molecule has 140 valence electrons. The van der Waals surface area contributed by atoms with E-state index in [1.165, 1.54) is 0 Å². The number of benzene rings is 3. The lowest BCUT2D eigenvalue weighted by Gasteiger charge is -2.38. The maximum atomic E-state index is 10.8. The van der Waals surface area contributed by atoms with Gasteiger partial charge in [0, 0.05) is 16.7 Å². The van der Waals surface area contributed by atoms with Crippen LogP contribution in [0, 0.1) is 6.92 Å². The van der Waals surface area contributed by atoms with Gasteiger partial charge in [-0.1, -0.05) is 72.4 Å². The van der Waals surface area contributed by atoms with E-state index in [9.17, 15) is 5.11 Å². The highest BCUT2D eigenvalue weighted by Crippen LogP contribution is 2.58. The summed E-state index contributed by atoms with van der Waals surface area (Å²) in [7, 11) is 0. The molecule has 2 atom stereocenters. The number of phenols is 1. The van der Waals surface area contributed by atoms with Gasteiger partial charge in [0.1, 0.15) is 28.8 Å². The standard InChI is InChI=1S/C24H20O3S/c1-14-13-18-19-22(15(2)21(26-18)16-9-5-3-6-10-16)27-24(28-23(19)20(14)25)17-11-7-4-8-12-17/h3-13,22,24-25H,1-2H3. The number of hydrogen-bond acceptors (Lipinski definition) is 4. The molecule has 0 radical (unpaired) electrons. The van der Waals surface area contributed by atoms with Crippen molar-refractivity contribution in [3.05, 3.63) is 94.6 Å². The molecule has 0 aliphatic carbocycles. The number of aryl methyl sites for hydroxylation is 1.